The molecule has 0 spiro atoms. The summed E-state index contributed by atoms with van der Waals surface area (Å²) in [6.45, 7) is 8.82. The summed E-state index contributed by atoms with van der Waals surface area (Å²) in [6, 6.07) is 6.66. The van der Waals surface area contributed by atoms with E-state index in [1.165, 1.54) is 15.7 Å². The van der Waals surface area contributed by atoms with E-state index in [4.69, 9.17) is 0 Å². The average Bonchev–Trinajstić information content (AvgIpc) is 2.48. The van der Waals surface area contributed by atoms with Crippen molar-refractivity contribution in [3.05, 3.63) is 28.2 Å². The third kappa shape index (κ3) is 4.97. The molecule has 1 heterocycles. The van der Waals surface area contributed by atoms with Crippen molar-refractivity contribution in [3.63, 3.8) is 0 Å². The van der Waals surface area contributed by atoms with Gasteiger partial charge in [-0.3, -0.25) is 0 Å². The van der Waals surface area contributed by atoms with Crippen LogP contribution in [0.4, 0.5) is 5.69 Å². The van der Waals surface area contributed by atoms with Crippen LogP contribution in [-0.4, -0.2) is 31.3 Å². The molecule has 118 valence electrons. The topological polar surface area (TPSA) is 35.5 Å². The Bertz CT molecular complexity index is 442. The van der Waals surface area contributed by atoms with Gasteiger partial charge in [-0.05, 0) is 48.9 Å². The SMILES string of the molecule is CC(C)CNCc1ccc(N2CCC(CO)CC2)cc1Br. The number of hydrogen-bond acceptors (Lipinski definition) is 3. The van der Waals surface area contributed by atoms with E-state index in [-0.39, 0.29) is 0 Å². The molecule has 1 saturated heterocycles. The maximum Gasteiger partial charge on any atom is 0.0460 e. The molecule has 0 saturated carbocycles. The summed E-state index contributed by atoms with van der Waals surface area (Å²) in [7, 11) is 0. The minimum absolute atomic E-state index is 0.331. The molecule has 1 fully saturated rings. The lowest BCUT2D eigenvalue weighted by molar-refractivity contribution is 0.203. The monoisotopic (exact) mass is 354 g/mol. The zero-order valence-corrected chi connectivity index (χ0v) is 14.7. The zero-order valence-electron chi connectivity index (χ0n) is 13.1. The van der Waals surface area contributed by atoms with E-state index < -0.39 is 0 Å². The first kappa shape index (κ1) is 16.8. The van der Waals surface area contributed by atoms with Crippen molar-refractivity contribution in [1.29, 1.82) is 0 Å². The Morgan fingerprint density at radius 1 is 1.33 bits per heavy atom. The van der Waals surface area contributed by atoms with Crippen LogP contribution in [0.5, 0.6) is 0 Å². The van der Waals surface area contributed by atoms with Crippen LogP contribution in [0.2, 0.25) is 0 Å². The van der Waals surface area contributed by atoms with Gasteiger partial charge >= 0.3 is 0 Å². The standard InChI is InChI=1S/C17H27BrN2O/c1-13(2)10-19-11-15-3-4-16(9-17(15)18)20-7-5-14(12-21)6-8-20/h3-4,9,13-14,19,21H,5-8,10-12H2,1-2H3. The van der Waals surface area contributed by atoms with E-state index in [1.54, 1.807) is 0 Å². The molecule has 0 atom stereocenters. The number of anilines is 1. The van der Waals surface area contributed by atoms with Gasteiger partial charge in [0.25, 0.3) is 0 Å². The number of hydrogen-bond donors (Lipinski definition) is 2. The highest BCUT2D eigenvalue weighted by molar-refractivity contribution is 9.10. The molecular weight excluding hydrogens is 328 g/mol. The summed E-state index contributed by atoms with van der Waals surface area (Å²) in [5.41, 5.74) is 2.59. The first-order chi connectivity index (χ1) is 10.1. The summed E-state index contributed by atoms with van der Waals surface area (Å²) in [5, 5.41) is 12.7. The van der Waals surface area contributed by atoms with Crippen LogP contribution in [0.1, 0.15) is 32.3 Å². The molecule has 0 bridgehead atoms. The molecule has 1 aliphatic heterocycles. The number of benzene rings is 1. The predicted molar refractivity (Wildman–Crippen MR) is 92.7 cm³/mol. The molecule has 2 N–H and O–H groups in total. The molecule has 4 heteroatoms. The van der Waals surface area contributed by atoms with Crippen molar-refractivity contribution in [2.24, 2.45) is 11.8 Å². The van der Waals surface area contributed by atoms with Gasteiger partial charge in [-0.2, -0.15) is 0 Å². The quantitative estimate of drug-likeness (QED) is 0.821. The van der Waals surface area contributed by atoms with Gasteiger partial charge in [-0.1, -0.05) is 35.8 Å². The van der Waals surface area contributed by atoms with Crippen molar-refractivity contribution in [1.82, 2.24) is 5.32 Å². The molecular formula is C17H27BrN2O. The van der Waals surface area contributed by atoms with Gasteiger partial charge in [0.15, 0.2) is 0 Å². The Hall–Kier alpha value is -0.580. The second-order valence-corrected chi connectivity index (χ2v) is 7.27. The van der Waals surface area contributed by atoms with Gasteiger partial charge in [-0.15, -0.1) is 0 Å². The Morgan fingerprint density at radius 3 is 2.62 bits per heavy atom. The highest BCUT2D eigenvalue weighted by Crippen LogP contribution is 2.27. The maximum absolute atomic E-state index is 9.22. The van der Waals surface area contributed by atoms with Crippen molar-refractivity contribution in [3.8, 4) is 0 Å². The highest BCUT2D eigenvalue weighted by atomic mass is 79.9. The number of halogens is 1. The fourth-order valence-corrected chi connectivity index (χ4v) is 3.25. The number of rotatable bonds is 6. The van der Waals surface area contributed by atoms with E-state index in [1.807, 2.05) is 0 Å². The molecule has 1 aromatic rings. The van der Waals surface area contributed by atoms with Crippen LogP contribution in [-0.2, 0) is 6.54 Å². The molecule has 3 nitrogen and oxygen atoms in total. The van der Waals surface area contributed by atoms with E-state index in [0.29, 0.717) is 18.4 Å². The molecule has 0 aliphatic carbocycles. The lowest BCUT2D eigenvalue weighted by Crippen LogP contribution is -2.34. The number of nitrogens with one attached hydrogen (secondary N) is 1. The Morgan fingerprint density at radius 2 is 2.05 bits per heavy atom. The molecule has 21 heavy (non-hydrogen) atoms. The van der Waals surface area contributed by atoms with Crippen molar-refractivity contribution in [2.75, 3.05) is 31.1 Å². The smallest absolute Gasteiger partial charge is 0.0460 e. The van der Waals surface area contributed by atoms with Gasteiger partial charge in [-0.25, -0.2) is 0 Å². The van der Waals surface area contributed by atoms with Crippen molar-refractivity contribution < 1.29 is 5.11 Å². The third-order valence-corrected chi connectivity index (χ3v) is 4.88. The third-order valence-electron chi connectivity index (χ3n) is 4.14. The fourth-order valence-electron chi connectivity index (χ4n) is 2.75. The second-order valence-electron chi connectivity index (χ2n) is 6.41. The molecule has 0 radical (unpaired) electrons. The Balaban J connectivity index is 1.92. The summed E-state index contributed by atoms with van der Waals surface area (Å²) in [6.07, 6.45) is 2.18. The van der Waals surface area contributed by atoms with Gasteiger partial charge in [0, 0.05) is 36.4 Å². The summed E-state index contributed by atoms with van der Waals surface area (Å²) in [5.74, 6) is 1.17. The van der Waals surface area contributed by atoms with Gasteiger partial charge < -0.3 is 15.3 Å². The lowest BCUT2D eigenvalue weighted by Gasteiger charge is -2.33. The van der Waals surface area contributed by atoms with Crippen LogP contribution < -0.4 is 10.2 Å². The molecule has 0 amide bonds. The first-order valence-electron chi connectivity index (χ1n) is 7.95. The number of piperidine rings is 1. The Labute approximate surface area is 136 Å². The lowest BCUT2D eigenvalue weighted by atomic mass is 9.97. The van der Waals surface area contributed by atoms with E-state index in [2.05, 4.69) is 58.2 Å². The van der Waals surface area contributed by atoms with E-state index >= 15 is 0 Å². The molecule has 0 unspecified atom stereocenters. The van der Waals surface area contributed by atoms with Crippen molar-refractivity contribution in [2.45, 2.75) is 33.2 Å². The van der Waals surface area contributed by atoms with E-state index in [9.17, 15) is 5.11 Å². The zero-order chi connectivity index (χ0) is 15.2. The van der Waals surface area contributed by atoms with Crippen LogP contribution in [0.15, 0.2) is 22.7 Å². The van der Waals surface area contributed by atoms with E-state index in [0.717, 1.165) is 39.0 Å². The number of aliphatic hydroxyl groups is 1. The summed E-state index contributed by atoms with van der Waals surface area (Å²) < 4.78 is 1.18. The first-order valence-corrected chi connectivity index (χ1v) is 8.74. The number of nitrogens with zero attached hydrogens (tertiary/aromatic N) is 1. The average molecular weight is 355 g/mol. The second kappa shape index (κ2) is 8.16. The fraction of sp³-hybridized carbons (Fsp3) is 0.647. The van der Waals surface area contributed by atoms with Gasteiger partial charge in [0.1, 0.15) is 0 Å². The van der Waals surface area contributed by atoms with Gasteiger partial charge in [0.05, 0.1) is 0 Å². The predicted octanol–water partition coefficient (Wildman–Crippen LogP) is 3.40. The highest BCUT2D eigenvalue weighted by Gasteiger charge is 2.19. The minimum atomic E-state index is 0.331. The summed E-state index contributed by atoms with van der Waals surface area (Å²) >= 11 is 3.70. The number of aliphatic hydroxyl groups excluding tert-OH is 1. The Kier molecular flexibility index (Phi) is 6.52. The summed E-state index contributed by atoms with van der Waals surface area (Å²) in [4.78, 5) is 2.42. The normalized spacial score (nSPS) is 16.7. The molecule has 1 aromatic carbocycles. The molecule has 0 aromatic heterocycles. The minimum Gasteiger partial charge on any atom is -0.396 e. The molecule has 2 rings (SSSR count). The molecule has 1 aliphatic rings. The van der Waals surface area contributed by atoms with Crippen LogP contribution in [0.25, 0.3) is 0 Å². The van der Waals surface area contributed by atoms with Crippen LogP contribution in [0, 0.1) is 11.8 Å². The van der Waals surface area contributed by atoms with Crippen LogP contribution in [0.3, 0.4) is 0 Å². The van der Waals surface area contributed by atoms with Crippen LogP contribution >= 0.6 is 15.9 Å². The van der Waals surface area contributed by atoms with Crippen molar-refractivity contribution >= 4 is 21.6 Å². The largest absolute Gasteiger partial charge is 0.396 e. The maximum atomic E-state index is 9.22. The van der Waals surface area contributed by atoms with Gasteiger partial charge in [0.2, 0.25) is 0 Å².